The van der Waals surface area contributed by atoms with Gasteiger partial charge in [0.1, 0.15) is 11.5 Å². The van der Waals surface area contributed by atoms with Crippen LogP contribution in [0.5, 0.6) is 11.5 Å². The van der Waals surface area contributed by atoms with Crippen molar-refractivity contribution in [1.29, 1.82) is 0 Å². The fourth-order valence-electron chi connectivity index (χ4n) is 3.74. The third kappa shape index (κ3) is 14.7. The van der Waals surface area contributed by atoms with Crippen LogP contribution in [0.2, 0.25) is 0 Å². The molecule has 0 aliphatic heterocycles. The molecule has 0 fully saturated rings. The zero-order valence-corrected chi connectivity index (χ0v) is 19.9. The minimum absolute atomic E-state index is 0.0169. The Morgan fingerprint density at radius 3 is 1.27 bits per heavy atom. The third-order valence-corrected chi connectivity index (χ3v) is 5.66. The summed E-state index contributed by atoms with van der Waals surface area (Å²) in [7, 11) is 0. The normalized spacial score (nSPS) is 11.0. The second-order valence-corrected chi connectivity index (χ2v) is 8.62. The van der Waals surface area contributed by atoms with Crippen molar-refractivity contribution >= 4 is 0 Å². The van der Waals surface area contributed by atoms with Gasteiger partial charge >= 0.3 is 0 Å². The van der Waals surface area contributed by atoms with Crippen LogP contribution in [-0.4, -0.2) is 18.3 Å². The lowest BCUT2D eigenvalue weighted by Gasteiger charge is -2.12. The van der Waals surface area contributed by atoms with Crippen LogP contribution in [0.4, 0.5) is 0 Å². The van der Waals surface area contributed by atoms with Crippen molar-refractivity contribution in [3.05, 3.63) is 23.8 Å². The molecule has 1 rings (SSSR count). The predicted octanol–water partition coefficient (Wildman–Crippen LogP) is 8.22. The van der Waals surface area contributed by atoms with Crippen LogP contribution in [0.25, 0.3) is 0 Å². The smallest absolute Gasteiger partial charge is 0.123 e. The van der Waals surface area contributed by atoms with E-state index in [0.29, 0.717) is 0 Å². The molecule has 1 aromatic rings. The molecule has 0 aliphatic carbocycles. The second-order valence-electron chi connectivity index (χ2n) is 8.62. The standard InChI is InChI=1S/C27H48O3/c1-3-5-7-9-11-12-14-16-18-20-30-27-22-25(24-28)21-26(23-27)29-19-17-15-13-10-8-6-4-2/h21-23,28H,3-20,24H2,1-2H3. The molecular weight excluding hydrogens is 372 g/mol. The lowest BCUT2D eigenvalue weighted by molar-refractivity contribution is 0.271. The third-order valence-electron chi connectivity index (χ3n) is 5.66. The van der Waals surface area contributed by atoms with Crippen molar-refractivity contribution in [2.24, 2.45) is 0 Å². The molecule has 0 aliphatic rings. The number of benzene rings is 1. The molecule has 0 atom stereocenters. The van der Waals surface area contributed by atoms with Crippen molar-refractivity contribution < 1.29 is 14.6 Å². The van der Waals surface area contributed by atoms with E-state index >= 15 is 0 Å². The molecular formula is C27H48O3. The molecule has 3 nitrogen and oxygen atoms in total. The van der Waals surface area contributed by atoms with Gasteiger partial charge in [0, 0.05) is 6.07 Å². The van der Waals surface area contributed by atoms with E-state index < -0.39 is 0 Å². The van der Waals surface area contributed by atoms with Gasteiger partial charge in [-0.2, -0.15) is 0 Å². The number of hydrogen-bond donors (Lipinski definition) is 1. The summed E-state index contributed by atoms with van der Waals surface area (Å²) in [5.74, 6) is 1.63. The molecule has 0 spiro atoms. The van der Waals surface area contributed by atoms with E-state index in [1.807, 2.05) is 18.2 Å². The summed E-state index contributed by atoms with van der Waals surface area (Å²) in [5.41, 5.74) is 0.856. The van der Waals surface area contributed by atoms with Crippen molar-refractivity contribution in [2.75, 3.05) is 13.2 Å². The quantitative estimate of drug-likeness (QED) is 0.204. The highest BCUT2D eigenvalue weighted by molar-refractivity contribution is 5.38. The lowest BCUT2D eigenvalue weighted by atomic mass is 10.1. The van der Waals surface area contributed by atoms with Crippen LogP contribution in [-0.2, 0) is 6.61 Å². The maximum Gasteiger partial charge on any atom is 0.123 e. The Balaban J connectivity index is 2.17. The molecule has 1 N–H and O–H groups in total. The highest BCUT2D eigenvalue weighted by Crippen LogP contribution is 2.24. The maximum absolute atomic E-state index is 9.53. The van der Waals surface area contributed by atoms with E-state index in [4.69, 9.17) is 9.47 Å². The second kappa shape index (κ2) is 19.7. The van der Waals surface area contributed by atoms with Crippen molar-refractivity contribution in [3.8, 4) is 11.5 Å². The van der Waals surface area contributed by atoms with Gasteiger partial charge < -0.3 is 14.6 Å². The zero-order chi connectivity index (χ0) is 21.7. The first-order valence-corrected chi connectivity index (χ1v) is 12.8. The summed E-state index contributed by atoms with van der Waals surface area (Å²) in [6, 6.07) is 5.81. The largest absolute Gasteiger partial charge is 0.493 e. The van der Waals surface area contributed by atoms with Gasteiger partial charge in [-0.1, -0.05) is 104 Å². The molecule has 0 unspecified atom stereocenters. The molecule has 1 aromatic carbocycles. The average Bonchev–Trinajstić information content (AvgIpc) is 2.76. The van der Waals surface area contributed by atoms with E-state index in [0.717, 1.165) is 43.1 Å². The zero-order valence-electron chi connectivity index (χ0n) is 19.9. The highest BCUT2D eigenvalue weighted by Gasteiger charge is 2.04. The summed E-state index contributed by atoms with van der Waals surface area (Å²) < 4.78 is 11.9. The monoisotopic (exact) mass is 420 g/mol. The van der Waals surface area contributed by atoms with E-state index in [-0.39, 0.29) is 6.61 Å². The molecule has 0 saturated heterocycles. The molecule has 0 heterocycles. The lowest BCUT2D eigenvalue weighted by Crippen LogP contribution is -2.01. The number of ether oxygens (including phenoxy) is 2. The minimum atomic E-state index is 0.0169. The van der Waals surface area contributed by atoms with E-state index in [1.165, 1.54) is 89.9 Å². The number of aliphatic hydroxyl groups excluding tert-OH is 1. The Morgan fingerprint density at radius 1 is 0.533 bits per heavy atom. The van der Waals surface area contributed by atoms with Crippen LogP contribution in [0.15, 0.2) is 18.2 Å². The maximum atomic E-state index is 9.53. The van der Waals surface area contributed by atoms with Crippen LogP contribution >= 0.6 is 0 Å². The van der Waals surface area contributed by atoms with Gasteiger partial charge in [0.15, 0.2) is 0 Å². The fraction of sp³-hybridized carbons (Fsp3) is 0.778. The van der Waals surface area contributed by atoms with Gasteiger partial charge in [0.2, 0.25) is 0 Å². The summed E-state index contributed by atoms with van der Waals surface area (Å²) >= 11 is 0. The molecule has 3 heteroatoms. The van der Waals surface area contributed by atoms with Gasteiger partial charge in [-0.05, 0) is 30.5 Å². The van der Waals surface area contributed by atoms with Crippen LogP contribution < -0.4 is 9.47 Å². The van der Waals surface area contributed by atoms with Crippen molar-refractivity contribution in [3.63, 3.8) is 0 Å². The molecule has 0 radical (unpaired) electrons. The Morgan fingerprint density at radius 2 is 0.900 bits per heavy atom. The first kappa shape index (κ1) is 26.8. The van der Waals surface area contributed by atoms with Crippen LogP contribution in [0.3, 0.4) is 0 Å². The Bertz CT molecular complexity index is 501. The topological polar surface area (TPSA) is 38.7 Å². The first-order chi connectivity index (χ1) is 14.8. The van der Waals surface area contributed by atoms with E-state index in [1.54, 1.807) is 0 Å². The molecule has 0 bridgehead atoms. The minimum Gasteiger partial charge on any atom is -0.493 e. The van der Waals surface area contributed by atoms with Crippen LogP contribution in [0, 0.1) is 0 Å². The molecule has 0 amide bonds. The van der Waals surface area contributed by atoms with E-state index in [2.05, 4.69) is 13.8 Å². The van der Waals surface area contributed by atoms with Crippen molar-refractivity contribution in [2.45, 2.75) is 123 Å². The Kier molecular flexibility index (Phi) is 17.6. The first-order valence-electron chi connectivity index (χ1n) is 12.8. The van der Waals surface area contributed by atoms with Gasteiger partial charge in [0.25, 0.3) is 0 Å². The van der Waals surface area contributed by atoms with Crippen molar-refractivity contribution in [1.82, 2.24) is 0 Å². The number of rotatable bonds is 21. The van der Waals surface area contributed by atoms with Gasteiger partial charge in [-0.15, -0.1) is 0 Å². The SMILES string of the molecule is CCCCCCCCCCCOc1cc(CO)cc(OCCCCCCCCC)c1. The highest BCUT2D eigenvalue weighted by atomic mass is 16.5. The Hall–Kier alpha value is -1.22. The molecule has 0 saturated carbocycles. The summed E-state index contributed by atoms with van der Waals surface area (Å²) in [6.45, 7) is 6.01. The fourth-order valence-corrected chi connectivity index (χ4v) is 3.74. The summed E-state index contributed by atoms with van der Waals surface area (Å²) in [5, 5.41) is 9.53. The van der Waals surface area contributed by atoms with Gasteiger partial charge in [-0.3, -0.25) is 0 Å². The molecule has 0 aromatic heterocycles. The van der Waals surface area contributed by atoms with Gasteiger partial charge in [-0.25, -0.2) is 0 Å². The number of aliphatic hydroxyl groups is 1. The summed E-state index contributed by atoms with van der Waals surface area (Å²) in [4.78, 5) is 0. The Labute approximate surface area is 186 Å². The number of unbranched alkanes of at least 4 members (excludes halogenated alkanes) is 14. The molecule has 30 heavy (non-hydrogen) atoms. The molecule has 174 valence electrons. The van der Waals surface area contributed by atoms with E-state index in [9.17, 15) is 5.11 Å². The van der Waals surface area contributed by atoms with Crippen LogP contribution in [0.1, 0.15) is 122 Å². The average molecular weight is 421 g/mol. The summed E-state index contributed by atoms with van der Waals surface area (Å²) in [6.07, 6.45) is 20.8. The predicted molar refractivity (Wildman–Crippen MR) is 129 cm³/mol. The number of hydrogen-bond acceptors (Lipinski definition) is 3. The van der Waals surface area contributed by atoms with Gasteiger partial charge in [0.05, 0.1) is 19.8 Å².